The third-order valence-corrected chi connectivity index (χ3v) is 4.74. The number of anilines is 1. The number of esters is 1. The van der Waals surface area contributed by atoms with Crippen LogP contribution in [0.25, 0.3) is 5.69 Å². The molecule has 0 saturated carbocycles. The zero-order chi connectivity index (χ0) is 19.1. The number of hydrogen-bond acceptors (Lipinski definition) is 6. The first kappa shape index (κ1) is 19.0. The summed E-state index contributed by atoms with van der Waals surface area (Å²) in [5.41, 5.74) is 3.18. The Bertz CT molecular complexity index is 879. The molecule has 27 heavy (non-hydrogen) atoms. The van der Waals surface area contributed by atoms with Crippen LogP contribution in [0.5, 0.6) is 0 Å². The van der Waals surface area contributed by atoms with E-state index in [0.29, 0.717) is 18.3 Å². The van der Waals surface area contributed by atoms with Gasteiger partial charge in [0.15, 0.2) is 11.0 Å². The maximum atomic E-state index is 11.7. The Hall–Kier alpha value is -2.80. The summed E-state index contributed by atoms with van der Waals surface area (Å²) in [6, 6.07) is 18.1. The lowest BCUT2D eigenvalue weighted by atomic mass is 10.2. The van der Waals surface area contributed by atoms with E-state index in [1.165, 1.54) is 17.3 Å². The number of nitrogens with one attached hydrogen (secondary N) is 1. The van der Waals surface area contributed by atoms with Crippen molar-refractivity contribution in [3.63, 3.8) is 0 Å². The molecule has 0 radical (unpaired) electrons. The molecular formula is C20H22N4O2S. The normalized spacial score (nSPS) is 10.6. The van der Waals surface area contributed by atoms with Gasteiger partial charge < -0.3 is 10.1 Å². The summed E-state index contributed by atoms with van der Waals surface area (Å²) < 4.78 is 6.96. The summed E-state index contributed by atoms with van der Waals surface area (Å²) in [4.78, 5) is 11.7. The standard InChI is InChI=1S/C20H22N4O2S/c1-3-26-19(25)14-27-20-23-22-18(24(20)17-7-5-4-6-8-17)13-21-16-11-9-15(2)10-12-16/h4-12,21H,3,13-14H2,1-2H3. The van der Waals surface area contributed by atoms with Gasteiger partial charge in [-0.3, -0.25) is 9.36 Å². The molecule has 0 aliphatic rings. The minimum Gasteiger partial charge on any atom is -0.465 e. The Labute approximate surface area is 163 Å². The Morgan fingerprint density at radius 1 is 1.11 bits per heavy atom. The summed E-state index contributed by atoms with van der Waals surface area (Å²) in [6.07, 6.45) is 0. The lowest BCUT2D eigenvalue weighted by Gasteiger charge is -2.11. The first-order valence-electron chi connectivity index (χ1n) is 8.76. The van der Waals surface area contributed by atoms with Gasteiger partial charge in [-0.1, -0.05) is 47.7 Å². The first-order chi connectivity index (χ1) is 13.2. The van der Waals surface area contributed by atoms with E-state index in [9.17, 15) is 4.79 Å². The second kappa shape index (κ2) is 9.23. The van der Waals surface area contributed by atoms with E-state index < -0.39 is 0 Å². The van der Waals surface area contributed by atoms with Crippen LogP contribution in [-0.2, 0) is 16.1 Å². The van der Waals surface area contributed by atoms with Crippen LogP contribution in [0.3, 0.4) is 0 Å². The van der Waals surface area contributed by atoms with E-state index in [0.717, 1.165) is 17.2 Å². The van der Waals surface area contributed by atoms with Gasteiger partial charge in [0.05, 0.1) is 18.9 Å². The van der Waals surface area contributed by atoms with E-state index in [1.807, 2.05) is 47.0 Å². The molecule has 1 N–H and O–H groups in total. The zero-order valence-electron chi connectivity index (χ0n) is 15.4. The van der Waals surface area contributed by atoms with Crippen LogP contribution in [-0.4, -0.2) is 33.1 Å². The molecule has 3 aromatic rings. The number of aryl methyl sites for hydroxylation is 1. The smallest absolute Gasteiger partial charge is 0.316 e. The van der Waals surface area contributed by atoms with Gasteiger partial charge in [0.1, 0.15) is 0 Å². The van der Waals surface area contributed by atoms with Crippen molar-refractivity contribution in [2.24, 2.45) is 0 Å². The van der Waals surface area contributed by atoms with Gasteiger partial charge in [-0.05, 0) is 38.1 Å². The fraction of sp³-hybridized carbons (Fsp3) is 0.250. The van der Waals surface area contributed by atoms with E-state index >= 15 is 0 Å². The number of carbonyl (C=O) groups excluding carboxylic acids is 1. The molecule has 0 unspecified atom stereocenters. The highest BCUT2D eigenvalue weighted by Crippen LogP contribution is 2.23. The third-order valence-electron chi connectivity index (χ3n) is 3.84. The quantitative estimate of drug-likeness (QED) is 0.471. The predicted molar refractivity (Wildman–Crippen MR) is 107 cm³/mol. The molecule has 3 rings (SSSR count). The molecule has 1 heterocycles. The lowest BCUT2D eigenvalue weighted by Crippen LogP contribution is -2.10. The zero-order valence-corrected chi connectivity index (χ0v) is 16.2. The van der Waals surface area contributed by atoms with Crippen molar-refractivity contribution in [3.05, 3.63) is 66.0 Å². The van der Waals surface area contributed by atoms with Crippen molar-refractivity contribution < 1.29 is 9.53 Å². The SMILES string of the molecule is CCOC(=O)CSc1nnc(CNc2ccc(C)cc2)n1-c1ccccc1. The summed E-state index contributed by atoms with van der Waals surface area (Å²) in [7, 11) is 0. The van der Waals surface area contributed by atoms with Gasteiger partial charge in [0.2, 0.25) is 0 Å². The number of para-hydroxylation sites is 1. The number of carbonyl (C=O) groups is 1. The van der Waals surface area contributed by atoms with Crippen LogP contribution in [0.15, 0.2) is 59.8 Å². The van der Waals surface area contributed by atoms with Crippen LogP contribution < -0.4 is 5.32 Å². The van der Waals surface area contributed by atoms with Crippen LogP contribution in [0.2, 0.25) is 0 Å². The number of rotatable bonds is 8. The van der Waals surface area contributed by atoms with Gasteiger partial charge in [-0.2, -0.15) is 0 Å². The van der Waals surface area contributed by atoms with E-state index in [-0.39, 0.29) is 11.7 Å². The van der Waals surface area contributed by atoms with Crippen molar-refractivity contribution in [2.75, 3.05) is 17.7 Å². The number of aromatic nitrogens is 3. The predicted octanol–water partition coefficient (Wildman–Crippen LogP) is 3.84. The summed E-state index contributed by atoms with van der Waals surface area (Å²) in [5.74, 6) is 0.710. The minimum atomic E-state index is -0.260. The Kier molecular flexibility index (Phi) is 6.49. The Balaban J connectivity index is 1.80. The molecule has 6 nitrogen and oxygen atoms in total. The maximum absolute atomic E-state index is 11.7. The lowest BCUT2D eigenvalue weighted by molar-refractivity contribution is -0.139. The van der Waals surface area contributed by atoms with Gasteiger partial charge >= 0.3 is 5.97 Å². The van der Waals surface area contributed by atoms with Crippen LogP contribution >= 0.6 is 11.8 Å². The average Bonchev–Trinajstić information content (AvgIpc) is 3.10. The van der Waals surface area contributed by atoms with Crippen LogP contribution in [0, 0.1) is 6.92 Å². The van der Waals surface area contributed by atoms with Gasteiger partial charge in [0, 0.05) is 11.4 Å². The fourth-order valence-corrected chi connectivity index (χ4v) is 3.29. The minimum absolute atomic E-state index is 0.199. The molecule has 1 aromatic heterocycles. The molecule has 0 aliphatic heterocycles. The average molecular weight is 382 g/mol. The fourth-order valence-electron chi connectivity index (χ4n) is 2.52. The molecular weight excluding hydrogens is 360 g/mol. The number of thioether (sulfide) groups is 1. The maximum Gasteiger partial charge on any atom is 0.316 e. The summed E-state index contributed by atoms with van der Waals surface area (Å²) >= 11 is 1.32. The highest BCUT2D eigenvalue weighted by atomic mass is 32.2. The second-order valence-corrected chi connectivity index (χ2v) is 6.83. The van der Waals surface area contributed by atoms with Gasteiger partial charge in [0.25, 0.3) is 0 Å². The number of ether oxygens (including phenoxy) is 1. The van der Waals surface area contributed by atoms with E-state index in [1.54, 1.807) is 6.92 Å². The molecule has 0 aliphatic carbocycles. The Morgan fingerprint density at radius 2 is 1.85 bits per heavy atom. The second-order valence-electron chi connectivity index (χ2n) is 5.88. The molecule has 0 bridgehead atoms. The monoisotopic (exact) mass is 382 g/mol. The largest absolute Gasteiger partial charge is 0.465 e. The molecule has 0 fully saturated rings. The van der Waals surface area contributed by atoms with Crippen molar-refractivity contribution in [3.8, 4) is 5.69 Å². The van der Waals surface area contributed by atoms with Crippen LogP contribution in [0.1, 0.15) is 18.3 Å². The molecule has 2 aromatic carbocycles. The molecule has 140 valence electrons. The molecule has 0 atom stereocenters. The topological polar surface area (TPSA) is 69.0 Å². The van der Waals surface area contributed by atoms with Crippen molar-refractivity contribution >= 4 is 23.4 Å². The highest BCUT2D eigenvalue weighted by Gasteiger charge is 2.16. The highest BCUT2D eigenvalue weighted by molar-refractivity contribution is 7.99. The molecule has 7 heteroatoms. The Morgan fingerprint density at radius 3 is 2.56 bits per heavy atom. The van der Waals surface area contributed by atoms with Crippen molar-refractivity contribution in [2.45, 2.75) is 25.5 Å². The number of benzene rings is 2. The van der Waals surface area contributed by atoms with Crippen LogP contribution in [0.4, 0.5) is 5.69 Å². The summed E-state index contributed by atoms with van der Waals surface area (Å²) in [6.45, 7) is 4.74. The number of hydrogen-bond donors (Lipinski definition) is 1. The molecule has 0 spiro atoms. The summed E-state index contributed by atoms with van der Waals surface area (Å²) in [5, 5.41) is 12.6. The van der Waals surface area contributed by atoms with Gasteiger partial charge in [-0.25, -0.2) is 0 Å². The van der Waals surface area contributed by atoms with E-state index in [4.69, 9.17) is 4.74 Å². The third kappa shape index (κ3) is 5.10. The van der Waals surface area contributed by atoms with Crippen molar-refractivity contribution in [1.82, 2.24) is 14.8 Å². The van der Waals surface area contributed by atoms with E-state index in [2.05, 4.69) is 34.6 Å². The molecule has 0 amide bonds. The van der Waals surface area contributed by atoms with Gasteiger partial charge in [-0.15, -0.1) is 10.2 Å². The first-order valence-corrected chi connectivity index (χ1v) is 9.74. The van der Waals surface area contributed by atoms with Crippen molar-refractivity contribution in [1.29, 1.82) is 0 Å². The number of nitrogens with zero attached hydrogens (tertiary/aromatic N) is 3. The molecule has 0 saturated heterocycles.